The molecular weight excluding hydrogens is 306 g/mol. The van der Waals surface area contributed by atoms with E-state index in [-0.39, 0.29) is 5.91 Å². The van der Waals surface area contributed by atoms with Crippen LogP contribution in [-0.4, -0.2) is 41.1 Å². The molecule has 0 radical (unpaired) electrons. The molecule has 0 saturated heterocycles. The lowest BCUT2D eigenvalue weighted by Crippen LogP contribution is -2.42. The van der Waals surface area contributed by atoms with E-state index < -0.39 is 12.6 Å². The first kappa shape index (κ1) is 16.8. The SMILES string of the molecule is O=C(O)COc1cccc(C(=O)N(CC2CC2)C2CCCCC2)c1. The minimum atomic E-state index is -1.02. The zero-order chi connectivity index (χ0) is 16.9. The van der Waals surface area contributed by atoms with E-state index in [1.807, 2.05) is 0 Å². The average molecular weight is 331 g/mol. The predicted octanol–water partition coefficient (Wildman–Crippen LogP) is 3.33. The van der Waals surface area contributed by atoms with Crippen molar-refractivity contribution >= 4 is 11.9 Å². The fourth-order valence-corrected chi connectivity index (χ4v) is 3.40. The number of benzene rings is 1. The maximum Gasteiger partial charge on any atom is 0.341 e. The molecule has 0 bridgehead atoms. The Morgan fingerprint density at radius 2 is 1.88 bits per heavy atom. The third-order valence-corrected chi connectivity index (χ3v) is 4.87. The third-order valence-electron chi connectivity index (χ3n) is 4.87. The van der Waals surface area contributed by atoms with Crippen LogP contribution in [0.2, 0.25) is 0 Å². The summed E-state index contributed by atoms with van der Waals surface area (Å²) in [4.78, 5) is 25.7. The maximum atomic E-state index is 13.1. The molecule has 2 aliphatic carbocycles. The Balaban J connectivity index is 1.73. The molecule has 5 heteroatoms. The van der Waals surface area contributed by atoms with E-state index in [4.69, 9.17) is 9.84 Å². The minimum Gasteiger partial charge on any atom is -0.482 e. The summed E-state index contributed by atoms with van der Waals surface area (Å²) in [6.07, 6.45) is 8.28. The lowest BCUT2D eigenvalue weighted by molar-refractivity contribution is -0.139. The molecule has 0 heterocycles. The number of amides is 1. The van der Waals surface area contributed by atoms with Crippen molar-refractivity contribution in [2.75, 3.05) is 13.2 Å². The van der Waals surface area contributed by atoms with Crippen molar-refractivity contribution in [2.24, 2.45) is 5.92 Å². The Morgan fingerprint density at radius 1 is 1.12 bits per heavy atom. The minimum absolute atomic E-state index is 0.0505. The van der Waals surface area contributed by atoms with Crippen LogP contribution in [0.25, 0.3) is 0 Å². The summed E-state index contributed by atoms with van der Waals surface area (Å²) in [5.41, 5.74) is 0.587. The van der Waals surface area contributed by atoms with E-state index in [9.17, 15) is 9.59 Å². The van der Waals surface area contributed by atoms with Crippen molar-refractivity contribution in [2.45, 2.75) is 51.0 Å². The lowest BCUT2D eigenvalue weighted by atomic mass is 9.93. The number of carbonyl (C=O) groups is 2. The zero-order valence-electron chi connectivity index (χ0n) is 13.9. The topological polar surface area (TPSA) is 66.8 Å². The fraction of sp³-hybridized carbons (Fsp3) is 0.579. The molecule has 1 amide bonds. The summed E-state index contributed by atoms with van der Waals surface area (Å²) in [6.45, 7) is 0.454. The number of nitrogens with zero attached hydrogens (tertiary/aromatic N) is 1. The molecule has 2 aliphatic rings. The van der Waals surface area contributed by atoms with Crippen LogP contribution in [0.1, 0.15) is 55.3 Å². The van der Waals surface area contributed by atoms with Crippen molar-refractivity contribution in [3.8, 4) is 5.75 Å². The Bertz CT molecular complexity index is 591. The van der Waals surface area contributed by atoms with Gasteiger partial charge >= 0.3 is 5.97 Å². The van der Waals surface area contributed by atoms with Crippen LogP contribution < -0.4 is 4.74 Å². The summed E-state index contributed by atoms with van der Waals surface area (Å²) in [5, 5.41) is 8.72. The Labute approximate surface area is 142 Å². The van der Waals surface area contributed by atoms with Gasteiger partial charge in [0.1, 0.15) is 5.75 Å². The lowest BCUT2D eigenvalue weighted by Gasteiger charge is -2.34. The summed E-state index contributed by atoms with van der Waals surface area (Å²) in [5.74, 6) is 0.111. The van der Waals surface area contributed by atoms with Gasteiger partial charge in [-0.1, -0.05) is 25.3 Å². The average Bonchev–Trinajstić information content (AvgIpc) is 3.42. The second kappa shape index (κ2) is 7.69. The molecular formula is C19H25NO4. The number of carbonyl (C=O) groups excluding carboxylic acids is 1. The number of hydrogen-bond donors (Lipinski definition) is 1. The van der Waals surface area contributed by atoms with Gasteiger partial charge in [0, 0.05) is 18.2 Å². The van der Waals surface area contributed by atoms with E-state index in [1.54, 1.807) is 24.3 Å². The van der Waals surface area contributed by atoms with Gasteiger partial charge in [-0.25, -0.2) is 4.79 Å². The van der Waals surface area contributed by atoms with E-state index >= 15 is 0 Å². The molecule has 1 aromatic carbocycles. The van der Waals surface area contributed by atoms with Crippen LogP contribution in [0, 0.1) is 5.92 Å². The highest BCUT2D eigenvalue weighted by Gasteiger charge is 2.32. The van der Waals surface area contributed by atoms with Gasteiger partial charge in [-0.2, -0.15) is 0 Å². The summed E-state index contributed by atoms with van der Waals surface area (Å²) in [7, 11) is 0. The maximum absolute atomic E-state index is 13.1. The van der Waals surface area contributed by atoms with Gasteiger partial charge in [0.25, 0.3) is 5.91 Å². The highest BCUT2D eigenvalue weighted by atomic mass is 16.5. The molecule has 0 spiro atoms. The molecule has 24 heavy (non-hydrogen) atoms. The Morgan fingerprint density at radius 3 is 2.54 bits per heavy atom. The van der Waals surface area contributed by atoms with Crippen molar-refractivity contribution < 1.29 is 19.4 Å². The Kier molecular flexibility index (Phi) is 5.38. The van der Waals surface area contributed by atoms with Gasteiger partial charge in [0.2, 0.25) is 0 Å². The van der Waals surface area contributed by atoms with Crippen LogP contribution in [0.4, 0.5) is 0 Å². The van der Waals surface area contributed by atoms with Crippen molar-refractivity contribution in [1.29, 1.82) is 0 Å². The Hall–Kier alpha value is -2.04. The standard InChI is InChI=1S/C19H25NO4/c21-18(22)13-24-17-8-4-5-15(11-17)19(23)20(12-14-9-10-14)16-6-2-1-3-7-16/h4-5,8,11,14,16H,1-3,6-7,9-10,12-13H2,(H,21,22). The van der Waals surface area contributed by atoms with Crippen LogP contribution in [0.15, 0.2) is 24.3 Å². The number of carboxylic acid groups (broad SMARTS) is 1. The molecule has 0 aliphatic heterocycles. The first-order valence-corrected chi connectivity index (χ1v) is 8.89. The van der Waals surface area contributed by atoms with Gasteiger partial charge in [0.05, 0.1) is 0 Å². The van der Waals surface area contributed by atoms with Crippen molar-refractivity contribution in [3.63, 3.8) is 0 Å². The second-order valence-electron chi connectivity index (χ2n) is 6.90. The molecule has 2 saturated carbocycles. The van der Waals surface area contributed by atoms with Gasteiger partial charge in [-0.3, -0.25) is 4.79 Å². The number of rotatable bonds is 7. The quantitative estimate of drug-likeness (QED) is 0.832. The number of ether oxygens (including phenoxy) is 1. The molecule has 130 valence electrons. The van der Waals surface area contributed by atoms with Gasteiger partial charge in [-0.05, 0) is 49.8 Å². The smallest absolute Gasteiger partial charge is 0.341 e. The van der Waals surface area contributed by atoms with E-state index in [1.165, 1.54) is 32.1 Å². The predicted molar refractivity (Wildman–Crippen MR) is 90.2 cm³/mol. The van der Waals surface area contributed by atoms with Gasteiger partial charge < -0.3 is 14.7 Å². The molecule has 0 aromatic heterocycles. The van der Waals surface area contributed by atoms with E-state index in [0.717, 1.165) is 19.4 Å². The van der Waals surface area contributed by atoms with Crippen molar-refractivity contribution in [3.05, 3.63) is 29.8 Å². The molecule has 1 aromatic rings. The normalized spacial score (nSPS) is 18.2. The van der Waals surface area contributed by atoms with Crippen LogP contribution in [-0.2, 0) is 4.79 Å². The zero-order valence-corrected chi connectivity index (χ0v) is 13.9. The largest absolute Gasteiger partial charge is 0.482 e. The fourth-order valence-electron chi connectivity index (χ4n) is 3.40. The van der Waals surface area contributed by atoms with Crippen LogP contribution in [0.3, 0.4) is 0 Å². The van der Waals surface area contributed by atoms with Gasteiger partial charge in [-0.15, -0.1) is 0 Å². The molecule has 5 nitrogen and oxygen atoms in total. The molecule has 3 rings (SSSR count). The highest BCUT2D eigenvalue weighted by Crippen LogP contribution is 2.33. The third kappa shape index (κ3) is 4.49. The summed E-state index contributed by atoms with van der Waals surface area (Å²) < 4.78 is 5.21. The first-order valence-electron chi connectivity index (χ1n) is 8.89. The van der Waals surface area contributed by atoms with Crippen LogP contribution in [0.5, 0.6) is 5.75 Å². The summed E-state index contributed by atoms with van der Waals surface area (Å²) >= 11 is 0. The van der Waals surface area contributed by atoms with E-state index in [2.05, 4.69) is 4.90 Å². The van der Waals surface area contributed by atoms with Gasteiger partial charge in [0.15, 0.2) is 6.61 Å². The summed E-state index contributed by atoms with van der Waals surface area (Å²) in [6, 6.07) is 7.23. The molecule has 2 fully saturated rings. The number of aliphatic carboxylic acids is 1. The number of hydrogen-bond acceptors (Lipinski definition) is 3. The molecule has 0 unspecified atom stereocenters. The highest BCUT2D eigenvalue weighted by molar-refractivity contribution is 5.95. The van der Waals surface area contributed by atoms with E-state index in [0.29, 0.717) is 23.3 Å². The molecule has 0 atom stereocenters. The first-order chi connectivity index (χ1) is 11.6. The van der Waals surface area contributed by atoms with Crippen molar-refractivity contribution in [1.82, 2.24) is 4.90 Å². The number of carboxylic acids is 1. The molecule has 1 N–H and O–H groups in total. The monoisotopic (exact) mass is 331 g/mol. The second-order valence-corrected chi connectivity index (χ2v) is 6.90. The van der Waals surface area contributed by atoms with Crippen LogP contribution >= 0.6 is 0 Å².